The molecule has 41 heavy (non-hydrogen) atoms. The van der Waals surface area contributed by atoms with E-state index in [1.165, 1.54) is 17.0 Å². The van der Waals surface area contributed by atoms with Crippen molar-refractivity contribution in [3.63, 3.8) is 0 Å². The van der Waals surface area contributed by atoms with Crippen LogP contribution in [0.25, 0.3) is 0 Å². The van der Waals surface area contributed by atoms with Crippen LogP contribution in [0.1, 0.15) is 33.3 Å². The van der Waals surface area contributed by atoms with Crippen molar-refractivity contribution in [1.29, 1.82) is 0 Å². The number of sulfonamides is 1. The van der Waals surface area contributed by atoms with E-state index >= 15 is 0 Å². The molecule has 0 aliphatic carbocycles. The molecule has 1 unspecified atom stereocenters. The topological polar surface area (TPSA) is 96.0 Å². The second-order valence-corrected chi connectivity index (χ2v) is 12.6. The molecule has 1 atom stereocenters. The Morgan fingerprint density at radius 3 is 2.12 bits per heavy atom. The van der Waals surface area contributed by atoms with Gasteiger partial charge in [-0.15, -0.1) is 0 Å². The van der Waals surface area contributed by atoms with Crippen LogP contribution in [0.2, 0.25) is 0 Å². The van der Waals surface area contributed by atoms with Gasteiger partial charge in [0.25, 0.3) is 10.0 Å². The molecule has 0 heterocycles. The van der Waals surface area contributed by atoms with E-state index < -0.39 is 34.3 Å². The Morgan fingerprint density at radius 2 is 1.56 bits per heavy atom. The molecule has 220 valence electrons. The van der Waals surface area contributed by atoms with Crippen LogP contribution < -0.4 is 14.4 Å². The fraction of sp³-hybridized carbons (Fsp3) is 0.333. The van der Waals surface area contributed by atoms with Gasteiger partial charge < -0.3 is 15.0 Å². The third-order valence-electron chi connectivity index (χ3n) is 6.23. The number of anilines is 1. The van der Waals surface area contributed by atoms with E-state index in [0.29, 0.717) is 18.9 Å². The van der Waals surface area contributed by atoms with Crippen molar-refractivity contribution in [2.75, 3.05) is 24.0 Å². The maximum atomic E-state index is 13.9. The molecule has 11 heteroatoms. The minimum absolute atomic E-state index is 0.0795. The molecular formula is C30H35BrFN3O5S. The number of hydrogen-bond donors (Lipinski definition) is 1. The van der Waals surface area contributed by atoms with Gasteiger partial charge in [-0.3, -0.25) is 13.9 Å². The normalized spacial score (nSPS) is 12.1. The van der Waals surface area contributed by atoms with Gasteiger partial charge in [0.05, 0.1) is 17.2 Å². The average molecular weight is 649 g/mol. The zero-order valence-electron chi connectivity index (χ0n) is 23.5. The van der Waals surface area contributed by atoms with Crippen molar-refractivity contribution in [3.05, 3.63) is 88.6 Å². The Bertz CT molecular complexity index is 1420. The standard InChI is InChI=1S/C30H35BrFN3O5S/c1-5-40-27-14-12-26(13-15-27)35(41(38,39)28-16-10-25(32)11-17-28)20-29(36)34(19-23-6-8-24(31)9-7-23)22(4)30(37)33-18-21(2)3/h6-17,21-22H,5,18-20H2,1-4H3,(H,33,37). The smallest absolute Gasteiger partial charge is 0.264 e. The summed E-state index contributed by atoms with van der Waals surface area (Å²) in [5, 5.41) is 2.86. The Hall–Kier alpha value is -3.44. The number of ether oxygens (including phenoxy) is 1. The van der Waals surface area contributed by atoms with Crippen LogP contribution in [-0.2, 0) is 26.2 Å². The van der Waals surface area contributed by atoms with Gasteiger partial charge in [0.15, 0.2) is 0 Å². The third kappa shape index (κ3) is 8.77. The highest BCUT2D eigenvalue weighted by molar-refractivity contribution is 9.10. The monoisotopic (exact) mass is 647 g/mol. The van der Waals surface area contributed by atoms with Crippen molar-refractivity contribution >= 4 is 43.5 Å². The van der Waals surface area contributed by atoms with E-state index in [9.17, 15) is 22.4 Å². The number of nitrogens with zero attached hydrogens (tertiary/aromatic N) is 2. The Labute approximate surface area is 249 Å². The van der Waals surface area contributed by atoms with Crippen LogP contribution in [-0.4, -0.2) is 50.9 Å². The zero-order valence-corrected chi connectivity index (χ0v) is 25.9. The summed E-state index contributed by atoms with van der Waals surface area (Å²) in [4.78, 5) is 28.2. The van der Waals surface area contributed by atoms with Crippen molar-refractivity contribution < 1.29 is 27.1 Å². The summed E-state index contributed by atoms with van der Waals surface area (Å²) in [5.41, 5.74) is 0.978. The van der Waals surface area contributed by atoms with Crippen LogP contribution in [0.3, 0.4) is 0 Å². The first kappa shape index (κ1) is 32.1. The molecule has 0 radical (unpaired) electrons. The quantitative estimate of drug-likeness (QED) is 0.269. The summed E-state index contributed by atoms with van der Waals surface area (Å²) in [6.45, 7) is 7.72. The van der Waals surface area contributed by atoms with E-state index in [0.717, 1.165) is 38.6 Å². The minimum atomic E-state index is -4.30. The van der Waals surface area contributed by atoms with Crippen LogP contribution in [0.15, 0.2) is 82.2 Å². The average Bonchev–Trinajstić information content (AvgIpc) is 2.94. The number of nitrogens with one attached hydrogen (secondary N) is 1. The van der Waals surface area contributed by atoms with E-state index in [4.69, 9.17) is 4.74 Å². The number of amides is 2. The van der Waals surface area contributed by atoms with Gasteiger partial charge in [0, 0.05) is 17.6 Å². The van der Waals surface area contributed by atoms with Gasteiger partial charge in [-0.05, 0) is 86.0 Å². The highest BCUT2D eigenvalue weighted by Gasteiger charge is 2.32. The van der Waals surface area contributed by atoms with Crippen molar-refractivity contribution in [3.8, 4) is 5.75 Å². The molecule has 0 bridgehead atoms. The fourth-order valence-corrected chi connectivity index (χ4v) is 5.64. The lowest BCUT2D eigenvalue weighted by Gasteiger charge is -2.32. The number of carbonyl (C=O) groups is 2. The molecule has 3 aromatic carbocycles. The lowest BCUT2D eigenvalue weighted by molar-refractivity contribution is -0.139. The van der Waals surface area contributed by atoms with E-state index in [2.05, 4.69) is 21.2 Å². The summed E-state index contributed by atoms with van der Waals surface area (Å²) >= 11 is 3.40. The number of carbonyl (C=O) groups excluding carboxylic acids is 2. The molecule has 8 nitrogen and oxygen atoms in total. The number of benzene rings is 3. The van der Waals surface area contributed by atoms with Crippen LogP contribution in [0, 0.1) is 11.7 Å². The first-order valence-electron chi connectivity index (χ1n) is 13.2. The first-order valence-corrected chi connectivity index (χ1v) is 15.5. The summed E-state index contributed by atoms with van der Waals surface area (Å²) in [6, 6.07) is 17.1. The molecule has 0 aliphatic heterocycles. The number of halogens is 2. The van der Waals surface area contributed by atoms with Crippen LogP contribution >= 0.6 is 15.9 Å². The largest absolute Gasteiger partial charge is 0.494 e. The predicted octanol–water partition coefficient (Wildman–Crippen LogP) is 5.37. The number of rotatable bonds is 13. The minimum Gasteiger partial charge on any atom is -0.494 e. The summed E-state index contributed by atoms with van der Waals surface area (Å²) in [6.07, 6.45) is 0. The molecular weight excluding hydrogens is 613 g/mol. The van der Waals surface area contributed by atoms with Crippen molar-refractivity contribution in [2.24, 2.45) is 5.92 Å². The second-order valence-electron chi connectivity index (χ2n) is 9.86. The van der Waals surface area contributed by atoms with Crippen molar-refractivity contribution in [2.45, 2.75) is 45.2 Å². The Morgan fingerprint density at radius 1 is 0.951 bits per heavy atom. The molecule has 0 spiro atoms. The lowest BCUT2D eigenvalue weighted by Crippen LogP contribution is -2.51. The van der Waals surface area contributed by atoms with Gasteiger partial charge in [0.2, 0.25) is 11.8 Å². The second kappa shape index (κ2) is 14.5. The van der Waals surface area contributed by atoms with Gasteiger partial charge in [0.1, 0.15) is 24.2 Å². The molecule has 0 fully saturated rings. The Balaban J connectivity index is 2.01. The molecule has 3 rings (SSSR count). The SMILES string of the molecule is CCOc1ccc(N(CC(=O)N(Cc2ccc(Br)cc2)C(C)C(=O)NCC(C)C)S(=O)(=O)c2ccc(F)cc2)cc1. The van der Waals surface area contributed by atoms with E-state index in [1.807, 2.05) is 45.0 Å². The lowest BCUT2D eigenvalue weighted by atomic mass is 10.1. The molecule has 1 N–H and O–H groups in total. The maximum Gasteiger partial charge on any atom is 0.264 e. The molecule has 0 saturated heterocycles. The van der Waals surface area contributed by atoms with Crippen LogP contribution in [0.4, 0.5) is 10.1 Å². The van der Waals surface area contributed by atoms with Crippen LogP contribution in [0.5, 0.6) is 5.75 Å². The van der Waals surface area contributed by atoms with Gasteiger partial charge in [-0.25, -0.2) is 12.8 Å². The third-order valence-corrected chi connectivity index (χ3v) is 8.55. The summed E-state index contributed by atoms with van der Waals surface area (Å²) < 4.78 is 48.5. The van der Waals surface area contributed by atoms with Gasteiger partial charge >= 0.3 is 0 Å². The van der Waals surface area contributed by atoms with Crippen molar-refractivity contribution in [1.82, 2.24) is 10.2 Å². The van der Waals surface area contributed by atoms with E-state index in [1.54, 1.807) is 19.1 Å². The molecule has 3 aromatic rings. The first-order chi connectivity index (χ1) is 19.4. The van der Waals surface area contributed by atoms with Gasteiger partial charge in [-0.1, -0.05) is 41.9 Å². The molecule has 0 aliphatic rings. The van der Waals surface area contributed by atoms with Gasteiger partial charge in [-0.2, -0.15) is 0 Å². The maximum absolute atomic E-state index is 13.9. The highest BCUT2D eigenvalue weighted by Crippen LogP contribution is 2.27. The molecule has 0 saturated carbocycles. The predicted molar refractivity (Wildman–Crippen MR) is 161 cm³/mol. The summed E-state index contributed by atoms with van der Waals surface area (Å²) in [7, 11) is -4.30. The van der Waals surface area contributed by atoms with E-state index in [-0.39, 0.29) is 29.0 Å². The summed E-state index contributed by atoms with van der Waals surface area (Å²) in [5.74, 6) is -0.779. The molecule has 0 aromatic heterocycles. The molecule has 2 amide bonds. The fourth-order valence-electron chi connectivity index (χ4n) is 3.96. The zero-order chi connectivity index (χ0) is 30.2. The number of hydrogen-bond acceptors (Lipinski definition) is 5. The highest BCUT2D eigenvalue weighted by atomic mass is 79.9. The Kier molecular flexibility index (Phi) is 11.3.